The summed E-state index contributed by atoms with van der Waals surface area (Å²) in [6.45, 7) is 8.49. The van der Waals surface area contributed by atoms with Crippen molar-refractivity contribution in [2.75, 3.05) is 26.7 Å². The number of nitrogens with zero attached hydrogens (tertiary/aromatic N) is 1. The number of hydrogen-bond donors (Lipinski definition) is 1. The van der Waals surface area contributed by atoms with Gasteiger partial charge in [0, 0.05) is 25.2 Å². The third-order valence-corrected chi connectivity index (χ3v) is 3.67. The number of methoxy groups -OCH3 is 1. The summed E-state index contributed by atoms with van der Waals surface area (Å²) in [6.07, 6.45) is -0.113. The van der Waals surface area contributed by atoms with Crippen LogP contribution in [0, 0.1) is 6.92 Å². The van der Waals surface area contributed by atoms with E-state index in [-0.39, 0.29) is 12.2 Å². The Morgan fingerprint density at radius 3 is 2.60 bits per heavy atom. The molecule has 1 fully saturated rings. The summed E-state index contributed by atoms with van der Waals surface area (Å²) in [4.78, 5) is 2.26. The van der Waals surface area contributed by atoms with E-state index >= 15 is 0 Å². The highest BCUT2D eigenvalue weighted by molar-refractivity contribution is 5.38. The maximum Gasteiger partial charge on any atom is 0.124 e. The van der Waals surface area contributed by atoms with Gasteiger partial charge >= 0.3 is 0 Å². The number of rotatable bonds is 4. The van der Waals surface area contributed by atoms with Gasteiger partial charge in [-0.15, -0.1) is 0 Å². The summed E-state index contributed by atoms with van der Waals surface area (Å²) in [7, 11) is 1.64. The second-order valence-corrected chi connectivity index (χ2v) is 5.74. The van der Waals surface area contributed by atoms with Gasteiger partial charge in [-0.2, -0.15) is 0 Å². The average molecular weight is 279 g/mol. The van der Waals surface area contributed by atoms with Crippen molar-refractivity contribution < 1.29 is 14.6 Å². The molecule has 0 bridgehead atoms. The highest BCUT2D eigenvalue weighted by atomic mass is 16.5. The topological polar surface area (TPSA) is 41.9 Å². The smallest absolute Gasteiger partial charge is 0.124 e. The van der Waals surface area contributed by atoms with Gasteiger partial charge in [0.05, 0.1) is 25.4 Å². The van der Waals surface area contributed by atoms with Crippen LogP contribution < -0.4 is 4.74 Å². The van der Waals surface area contributed by atoms with Crippen molar-refractivity contribution >= 4 is 0 Å². The Labute approximate surface area is 121 Å². The lowest BCUT2D eigenvalue weighted by Gasteiger charge is -2.36. The van der Waals surface area contributed by atoms with Gasteiger partial charge in [0.1, 0.15) is 5.75 Å². The Bertz CT molecular complexity index is 439. The SMILES string of the molecule is COc1ccc(C)cc1C(O)CN1CC(C)OC(C)C1. The molecule has 1 heterocycles. The molecule has 1 aromatic rings. The molecule has 0 amide bonds. The molecule has 112 valence electrons. The van der Waals surface area contributed by atoms with Gasteiger partial charge in [-0.3, -0.25) is 4.90 Å². The Morgan fingerprint density at radius 1 is 1.35 bits per heavy atom. The van der Waals surface area contributed by atoms with Crippen LogP contribution in [0.1, 0.15) is 31.1 Å². The lowest BCUT2D eigenvalue weighted by molar-refractivity contribution is -0.0768. The number of aryl methyl sites for hydroxylation is 1. The zero-order valence-electron chi connectivity index (χ0n) is 12.8. The first-order valence-electron chi connectivity index (χ1n) is 7.20. The van der Waals surface area contributed by atoms with E-state index in [0.717, 1.165) is 30.0 Å². The third kappa shape index (κ3) is 3.72. The number of β-amino-alcohol motifs (C(OH)–C–C–N with tert-alkyl or cyclic N) is 1. The van der Waals surface area contributed by atoms with Gasteiger partial charge in [0.25, 0.3) is 0 Å². The predicted octanol–water partition coefficient (Wildman–Crippen LogP) is 2.15. The summed E-state index contributed by atoms with van der Waals surface area (Å²) < 4.78 is 11.1. The van der Waals surface area contributed by atoms with Gasteiger partial charge in [-0.05, 0) is 32.9 Å². The van der Waals surface area contributed by atoms with Crippen LogP contribution in [0.4, 0.5) is 0 Å². The molecular formula is C16H25NO3. The van der Waals surface area contributed by atoms with Crippen LogP contribution >= 0.6 is 0 Å². The fourth-order valence-electron chi connectivity index (χ4n) is 2.89. The van der Waals surface area contributed by atoms with Crippen LogP contribution in [0.25, 0.3) is 0 Å². The van der Waals surface area contributed by atoms with Crippen molar-refractivity contribution in [2.45, 2.75) is 39.1 Å². The van der Waals surface area contributed by atoms with E-state index in [2.05, 4.69) is 18.7 Å². The molecule has 4 nitrogen and oxygen atoms in total. The molecule has 3 unspecified atom stereocenters. The van der Waals surface area contributed by atoms with Gasteiger partial charge in [-0.1, -0.05) is 11.6 Å². The molecule has 1 aliphatic rings. The summed E-state index contributed by atoms with van der Waals surface area (Å²) in [6, 6.07) is 5.91. The van der Waals surface area contributed by atoms with Crippen LogP contribution in [-0.4, -0.2) is 49.0 Å². The fraction of sp³-hybridized carbons (Fsp3) is 0.625. The number of aliphatic hydroxyl groups excluding tert-OH is 1. The molecule has 1 saturated heterocycles. The minimum Gasteiger partial charge on any atom is -0.496 e. The summed E-state index contributed by atoms with van der Waals surface area (Å²) >= 11 is 0. The van der Waals surface area contributed by atoms with Crippen molar-refractivity contribution in [3.8, 4) is 5.75 Å². The van der Waals surface area contributed by atoms with E-state index in [1.54, 1.807) is 7.11 Å². The predicted molar refractivity (Wildman–Crippen MR) is 79.1 cm³/mol. The average Bonchev–Trinajstić information content (AvgIpc) is 2.37. The molecule has 1 aromatic carbocycles. The highest BCUT2D eigenvalue weighted by Crippen LogP contribution is 2.27. The van der Waals surface area contributed by atoms with Gasteiger partial charge in [0.2, 0.25) is 0 Å². The minimum absolute atomic E-state index is 0.213. The molecular weight excluding hydrogens is 254 g/mol. The number of aliphatic hydroxyl groups is 1. The maximum absolute atomic E-state index is 10.5. The number of ether oxygens (including phenoxy) is 2. The van der Waals surface area contributed by atoms with E-state index in [1.807, 2.05) is 25.1 Å². The maximum atomic E-state index is 10.5. The molecule has 20 heavy (non-hydrogen) atoms. The molecule has 0 aliphatic carbocycles. The van der Waals surface area contributed by atoms with E-state index in [0.29, 0.717) is 6.54 Å². The molecule has 3 atom stereocenters. The Balaban J connectivity index is 2.07. The molecule has 1 aliphatic heterocycles. The van der Waals surface area contributed by atoms with E-state index < -0.39 is 6.10 Å². The minimum atomic E-state index is -0.539. The quantitative estimate of drug-likeness (QED) is 0.917. The van der Waals surface area contributed by atoms with Crippen LogP contribution in [0.5, 0.6) is 5.75 Å². The largest absolute Gasteiger partial charge is 0.496 e. The summed E-state index contributed by atoms with van der Waals surface area (Å²) in [5, 5.41) is 10.5. The van der Waals surface area contributed by atoms with Crippen LogP contribution in [0.15, 0.2) is 18.2 Å². The Hall–Kier alpha value is -1.10. The highest BCUT2D eigenvalue weighted by Gasteiger charge is 2.25. The first kappa shape index (κ1) is 15.3. The second-order valence-electron chi connectivity index (χ2n) is 5.74. The standard InChI is InChI=1S/C16H25NO3/c1-11-5-6-16(19-4)14(7-11)15(18)10-17-8-12(2)20-13(3)9-17/h5-7,12-13,15,18H,8-10H2,1-4H3. The van der Waals surface area contributed by atoms with Gasteiger partial charge in [-0.25, -0.2) is 0 Å². The van der Waals surface area contributed by atoms with Crippen molar-refractivity contribution in [3.05, 3.63) is 29.3 Å². The third-order valence-electron chi connectivity index (χ3n) is 3.67. The van der Waals surface area contributed by atoms with Crippen LogP contribution in [0.3, 0.4) is 0 Å². The van der Waals surface area contributed by atoms with E-state index in [9.17, 15) is 5.11 Å². The van der Waals surface area contributed by atoms with E-state index in [1.165, 1.54) is 0 Å². The fourth-order valence-corrected chi connectivity index (χ4v) is 2.89. The van der Waals surface area contributed by atoms with Crippen molar-refractivity contribution in [3.63, 3.8) is 0 Å². The number of benzene rings is 1. The molecule has 1 N–H and O–H groups in total. The number of morpholine rings is 1. The number of hydrogen-bond acceptors (Lipinski definition) is 4. The Kier molecular flexibility index (Phi) is 5.02. The first-order valence-corrected chi connectivity index (χ1v) is 7.20. The lowest BCUT2D eigenvalue weighted by Crippen LogP contribution is -2.46. The van der Waals surface area contributed by atoms with Crippen molar-refractivity contribution in [1.82, 2.24) is 4.90 Å². The normalized spacial score (nSPS) is 25.4. The summed E-state index contributed by atoms with van der Waals surface area (Å²) in [5.41, 5.74) is 1.99. The molecule has 0 radical (unpaired) electrons. The van der Waals surface area contributed by atoms with Crippen molar-refractivity contribution in [2.24, 2.45) is 0 Å². The lowest BCUT2D eigenvalue weighted by atomic mass is 10.0. The molecule has 2 rings (SSSR count). The Morgan fingerprint density at radius 2 is 2.00 bits per heavy atom. The second kappa shape index (κ2) is 6.57. The van der Waals surface area contributed by atoms with E-state index in [4.69, 9.17) is 9.47 Å². The zero-order chi connectivity index (χ0) is 14.7. The van der Waals surface area contributed by atoms with Gasteiger partial charge in [0.15, 0.2) is 0 Å². The van der Waals surface area contributed by atoms with Crippen molar-refractivity contribution in [1.29, 1.82) is 0 Å². The monoisotopic (exact) mass is 279 g/mol. The molecule has 0 spiro atoms. The van der Waals surface area contributed by atoms with Crippen LogP contribution in [0.2, 0.25) is 0 Å². The summed E-state index contributed by atoms with van der Waals surface area (Å²) in [5.74, 6) is 0.748. The van der Waals surface area contributed by atoms with Gasteiger partial charge < -0.3 is 14.6 Å². The molecule has 0 aromatic heterocycles. The first-order chi connectivity index (χ1) is 9.49. The van der Waals surface area contributed by atoms with Crippen LogP contribution in [-0.2, 0) is 4.74 Å². The molecule has 4 heteroatoms. The molecule has 0 saturated carbocycles. The zero-order valence-corrected chi connectivity index (χ0v) is 12.8.